The molecular formula is C14H21BrN2O2. The van der Waals surface area contributed by atoms with Crippen LogP contribution in [-0.2, 0) is 11.3 Å². The van der Waals surface area contributed by atoms with E-state index in [0.29, 0.717) is 13.0 Å². The molecule has 1 aromatic carbocycles. The lowest BCUT2D eigenvalue weighted by Crippen LogP contribution is -2.51. The zero-order chi connectivity index (χ0) is 14.5. The Bertz CT molecular complexity index is 447. The maximum Gasteiger partial charge on any atom is 0.240 e. The van der Waals surface area contributed by atoms with Crippen molar-refractivity contribution >= 4 is 21.8 Å². The van der Waals surface area contributed by atoms with Crippen LogP contribution in [0.4, 0.5) is 0 Å². The highest BCUT2D eigenvalue weighted by Crippen LogP contribution is 2.23. The highest BCUT2D eigenvalue weighted by molar-refractivity contribution is 9.10. The topological polar surface area (TPSA) is 64.4 Å². The van der Waals surface area contributed by atoms with Crippen LogP contribution in [0.25, 0.3) is 0 Å². The number of carbonyl (C=O) groups is 1. The number of hydrogen-bond donors (Lipinski definition) is 2. The SMILES string of the molecule is CCCC(C)(N)C(=O)NCc1cc(Br)ccc1OC. The Kier molecular flexibility index (Phi) is 5.82. The van der Waals surface area contributed by atoms with Gasteiger partial charge in [-0.25, -0.2) is 0 Å². The van der Waals surface area contributed by atoms with E-state index in [9.17, 15) is 4.79 Å². The Hall–Kier alpha value is -1.07. The number of rotatable bonds is 6. The molecule has 0 heterocycles. The Morgan fingerprint density at radius 2 is 2.21 bits per heavy atom. The summed E-state index contributed by atoms with van der Waals surface area (Å²) in [6.07, 6.45) is 1.54. The van der Waals surface area contributed by atoms with Gasteiger partial charge in [0.2, 0.25) is 5.91 Å². The van der Waals surface area contributed by atoms with Crippen LogP contribution in [0.15, 0.2) is 22.7 Å². The van der Waals surface area contributed by atoms with Gasteiger partial charge in [-0.3, -0.25) is 4.79 Å². The van der Waals surface area contributed by atoms with Gasteiger partial charge in [0.05, 0.1) is 12.6 Å². The molecule has 0 fully saturated rings. The van der Waals surface area contributed by atoms with Crippen LogP contribution in [0.1, 0.15) is 32.3 Å². The highest BCUT2D eigenvalue weighted by Gasteiger charge is 2.26. The smallest absolute Gasteiger partial charge is 0.240 e. The van der Waals surface area contributed by atoms with E-state index in [0.717, 1.165) is 22.2 Å². The number of halogens is 1. The fraction of sp³-hybridized carbons (Fsp3) is 0.500. The third-order valence-corrected chi connectivity index (χ3v) is 3.46. The average molecular weight is 329 g/mol. The first-order valence-corrected chi connectivity index (χ1v) is 7.09. The normalized spacial score (nSPS) is 13.7. The number of carbonyl (C=O) groups excluding carboxylic acids is 1. The molecule has 106 valence electrons. The fourth-order valence-electron chi connectivity index (χ4n) is 1.90. The quantitative estimate of drug-likeness (QED) is 0.843. The van der Waals surface area contributed by atoms with Crippen molar-refractivity contribution in [1.82, 2.24) is 5.32 Å². The van der Waals surface area contributed by atoms with E-state index in [1.54, 1.807) is 14.0 Å². The van der Waals surface area contributed by atoms with Crippen molar-refractivity contribution in [3.63, 3.8) is 0 Å². The maximum atomic E-state index is 12.0. The Morgan fingerprint density at radius 3 is 2.79 bits per heavy atom. The van der Waals surface area contributed by atoms with Crippen molar-refractivity contribution < 1.29 is 9.53 Å². The molecule has 5 heteroatoms. The zero-order valence-electron chi connectivity index (χ0n) is 11.6. The number of hydrogen-bond acceptors (Lipinski definition) is 3. The molecule has 0 aliphatic rings. The van der Waals surface area contributed by atoms with Gasteiger partial charge in [0.1, 0.15) is 5.75 Å². The summed E-state index contributed by atoms with van der Waals surface area (Å²) in [5.41, 5.74) is 6.07. The monoisotopic (exact) mass is 328 g/mol. The fourth-order valence-corrected chi connectivity index (χ4v) is 2.30. The molecule has 3 N–H and O–H groups in total. The van der Waals surface area contributed by atoms with Crippen molar-refractivity contribution in [2.24, 2.45) is 5.73 Å². The van der Waals surface area contributed by atoms with E-state index >= 15 is 0 Å². The minimum absolute atomic E-state index is 0.142. The highest BCUT2D eigenvalue weighted by atomic mass is 79.9. The predicted molar refractivity (Wildman–Crippen MR) is 80.0 cm³/mol. The number of nitrogens with one attached hydrogen (secondary N) is 1. The van der Waals surface area contributed by atoms with Gasteiger partial charge >= 0.3 is 0 Å². The van der Waals surface area contributed by atoms with Gasteiger partial charge < -0.3 is 15.8 Å². The first-order chi connectivity index (χ1) is 8.90. The summed E-state index contributed by atoms with van der Waals surface area (Å²) in [6.45, 7) is 4.16. The first-order valence-electron chi connectivity index (χ1n) is 6.30. The third kappa shape index (κ3) is 4.51. The van der Waals surface area contributed by atoms with Gasteiger partial charge in [-0.2, -0.15) is 0 Å². The molecule has 0 radical (unpaired) electrons. The third-order valence-electron chi connectivity index (χ3n) is 2.97. The van der Waals surface area contributed by atoms with Gasteiger partial charge in [-0.15, -0.1) is 0 Å². The number of nitrogens with two attached hydrogens (primary N) is 1. The van der Waals surface area contributed by atoms with Crippen LogP contribution in [0.5, 0.6) is 5.75 Å². The summed E-state index contributed by atoms with van der Waals surface area (Å²) in [6, 6.07) is 5.68. The van der Waals surface area contributed by atoms with Gasteiger partial charge in [-0.05, 0) is 31.5 Å². The van der Waals surface area contributed by atoms with Gasteiger partial charge in [0.15, 0.2) is 0 Å². The lowest BCUT2D eigenvalue weighted by Gasteiger charge is -2.23. The number of methoxy groups -OCH3 is 1. The van der Waals surface area contributed by atoms with Gasteiger partial charge in [-0.1, -0.05) is 29.3 Å². The molecular weight excluding hydrogens is 308 g/mol. The van der Waals surface area contributed by atoms with E-state index in [1.165, 1.54) is 0 Å². The lowest BCUT2D eigenvalue weighted by atomic mass is 9.96. The van der Waals surface area contributed by atoms with Crippen LogP contribution in [0.2, 0.25) is 0 Å². The summed E-state index contributed by atoms with van der Waals surface area (Å²) < 4.78 is 6.21. The molecule has 0 aliphatic heterocycles. The average Bonchev–Trinajstić information content (AvgIpc) is 2.36. The van der Waals surface area contributed by atoms with Crippen LogP contribution in [0.3, 0.4) is 0 Å². The van der Waals surface area contributed by atoms with Crippen LogP contribution in [0, 0.1) is 0 Å². The molecule has 1 rings (SSSR count). The largest absolute Gasteiger partial charge is 0.496 e. The second kappa shape index (κ2) is 6.91. The molecule has 0 saturated heterocycles. The summed E-state index contributed by atoms with van der Waals surface area (Å²) >= 11 is 3.40. The molecule has 19 heavy (non-hydrogen) atoms. The van der Waals surface area contributed by atoms with E-state index in [2.05, 4.69) is 21.2 Å². The van der Waals surface area contributed by atoms with E-state index < -0.39 is 5.54 Å². The molecule has 1 unspecified atom stereocenters. The minimum atomic E-state index is -0.825. The minimum Gasteiger partial charge on any atom is -0.496 e. The van der Waals surface area contributed by atoms with E-state index in [1.807, 2.05) is 25.1 Å². The molecule has 0 bridgehead atoms. The van der Waals surface area contributed by atoms with Crippen molar-refractivity contribution in [3.8, 4) is 5.75 Å². The Morgan fingerprint density at radius 1 is 1.53 bits per heavy atom. The second-order valence-corrected chi connectivity index (χ2v) is 5.72. The molecule has 0 aromatic heterocycles. The lowest BCUT2D eigenvalue weighted by molar-refractivity contribution is -0.126. The van der Waals surface area contributed by atoms with Gasteiger partial charge in [0, 0.05) is 16.6 Å². The van der Waals surface area contributed by atoms with Crippen molar-refractivity contribution in [2.45, 2.75) is 38.8 Å². The zero-order valence-corrected chi connectivity index (χ0v) is 13.2. The van der Waals surface area contributed by atoms with Crippen LogP contribution in [-0.4, -0.2) is 18.6 Å². The van der Waals surface area contributed by atoms with Gasteiger partial charge in [0.25, 0.3) is 0 Å². The van der Waals surface area contributed by atoms with E-state index in [-0.39, 0.29) is 5.91 Å². The number of ether oxygens (including phenoxy) is 1. The summed E-state index contributed by atoms with van der Waals surface area (Å²) in [5, 5.41) is 2.86. The van der Waals surface area contributed by atoms with Crippen molar-refractivity contribution in [1.29, 1.82) is 0 Å². The number of amides is 1. The molecule has 1 amide bonds. The number of benzene rings is 1. The first kappa shape index (κ1) is 16.0. The Balaban J connectivity index is 2.71. The molecule has 0 saturated carbocycles. The molecule has 1 aromatic rings. The Labute approximate surface area is 122 Å². The second-order valence-electron chi connectivity index (χ2n) is 4.81. The van der Waals surface area contributed by atoms with Crippen molar-refractivity contribution in [2.75, 3.05) is 7.11 Å². The summed E-state index contributed by atoms with van der Waals surface area (Å²) in [5.74, 6) is 0.606. The maximum absolute atomic E-state index is 12.0. The van der Waals surface area contributed by atoms with E-state index in [4.69, 9.17) is 10.5 Å². The molecule has 1 atom stereocenters. The molecule has 4 nitrogen and oxygen atoms in total. The van der Waals surface area contributed by atoms with Crippen LogP contribution < -0.4 is 15.8 Å². The van der Waals surface area contributed by atoms with Crippen LogP contribution >= 0.6 is 15.9 Å². The summed E-state index contributed by atoms with van der Waals surface area (Å²) in [4.78, 5) is 12.0. The summed E-state index contributed by atoms with van der Waals surface area (Å²) in [7, 11) is 1.61. The molecule has 0 aliphatic carbocycles. The van der Waals surface area contributed by atoms with Crippen molar-refractivity contribution in [3.05, 3.63) is 28.2 Å². The predicted octanol–water partition coefficient (Wildman–Crippen LogP) is 2.59. The molecule has 0 spiro atoms. The standard InChI is InChI=1S/C14H21BrN2O2/c1-4-7-14(2,16)13(18)17-9-10-8-11(15)5-6-12(10)19-3/h5-6,8H,4,7,9,16H2,1-3H3,(H,17,18).